The van der Waals surface area contributed by atoms with Crippen molar-refractivity contribution in [3.63, 3.8) is 0 Å². The van der Waals surface area contributed by atoms with Crippen LogP contribution in [0.2, 0.25) is 0 Å². The molecule has 1 N–H and O–H groups in total. The van der Waals surface area contributed by atoms with Crippen LogP contribution in [0.15, 0.2) is 34.4 Å². The lowest BCUT2D eigenvalue weighted by molar-refractivity contribution is 0.321. The maximum Gasteiger partial charge on any atom is 0.175 e. The summed E-state index contributed by atoms with van der Waals surface area (Å²) in [4.78, 5) is 0. The molecular weight excluding hydrogens is 274 g/mol. The Bertz CT molecular complexity index is 404. The third-order valence-corrected chi connectivity index (χ3v) is 2.39. The Balaban J connectivity index is 3.11. The highest BCUT2D eigenvalue weighted by Gasteiger charge is 2.10. The molecule has 86 valence electrons. The Morgan fingerprint density at radius 3 is 2.88 bits per heavy atom. The van der Waals surface area contributed by atoms with Crippen molar-refractivity contribution in [1.82, 2.24) is 0 Å². The summed E-state index contributed by atoms with van der Waals surface area (Å²) in [6.45, 7) is 3.96. The monoisotopic (exact) mass is 285 g/mol. The molecule has 0 aromatic heterocycles. The van der Waals surface area contributed by atoms with Gasteiger partial charge in [-0.3, -0.25) is 0 Å². The number of rotatable bonds is 5. The second kappa shape index (κ2) is 6.17. The molecule has 0 bridgehead atoms. The number of methoxy groups -OCH3 is 1. The minimum Gasteiger partial charge on any atom is -0.493 e. The number of hydrogen-bond acceptors (Lipinski definition) is 4. The number of nitrogens with zero attached hydrogens (tertiary/aromatic N) is 1. The lowest BCUT2D eigenvalue weighted by Crippen LogP contribution is -1.98. The third-order valence-electron chi connectivity index (χ3n) is 1.80. The fraction of sp³-hybridized carbons (Fsp3) is 0.182. The summed E-state index contributed by atoms with van der Waals surface area (Å²) < 4.78 is 11.3. The number of ether oxygens (including phenoxy) is 2. The van der Waals surface area contributed by atoms with Crippen LogP contribution >= 0.6 is 15.9 Å². The van der Waals surface area contributed by atoms with Crippen LogP contribution in [-0.2, 0) is 0 Å². The Labute approximate surface area is 102 Å². The van der Waals surface area contributed by atoms with Crippen molar-refractivity contribution in [1.29, 1.82) is 0 Å². The van der Waals surface area contributed by atoms with Gasteiger partial charge in [-0.1, -0.05) is 17.8 Å². The standard InChI is InChI=1S/C11H12BrNO3/c1-3-4-16-11-9(12)5-8(7-13-14)6-10(11)15-2/h3,5-7,14H,1,4H2,2H3/b13-7+. The molecule has 16 heavy (non-hydrogen) atoms. The van der Waals surface area contributed by atoms with Crippen molar-refractivity contribution in [3.8, 4) is 11.5 Å². The highest BCUT2D eigenvalue weighted by atomic mass is 79.9. The van der Waals surface area contributed by atoms with E-state index in [0.717, 1.165) is 4.47 Å². The lowest BCUT2D eigenvalue weighted by Gasteiger charge is -2.11. The first kappa shape index (κ1) is 12.6. The van der Waals surface area contributed by atoms with Crippen LogP contribution in [-0.4, -0.2) is 25.1 Å². The molecule has 0 amide bonds. The fourth-order valence-electron chi connectivity index (χ4n) is 1.16. The van der Waals surface area contributed by atoms with Crippen molar-refractivity contribution in [2.45, 2.75) is 0 Å². The minimum atomic E-state index is 0.391. The molecule has 0 radical (unpaired) electrons. The first-order chi connectivity index (χ1) is 7.72. The van der Waals surface area contributed by atoms with Crippen molar-refractivity contribution in [2.75, 3.05) is 13.7 Å². The highest BCUT2D eigenvalue weighted by Crippen LogP contribution is 2.36. The zero-order valence-electron chi connectivity index (χ0n) is 8.81. The smallest absolute Gasteiger partial charge is 0.175 e. The molecule has 1 aromatic carbocycles. The van der Waals surface area contributed by atoms with Crippen molar-refractivity contribution < 1.29 is 14.7 Å². The number of benzene rings is 1. The van der Waals surface area contributed by atoms with Crippen LogP contribution < -0.4 is 9.47 Å². The van der Waals surface area contributed by atoms with Crippen LogP contribution in [0.5, 0.6) is 11.5 Å². The second-order valence-electron chi connectivity index (χ2n) is 2.88. The predicted octanol–water partition coefficient (Wildman–Crippen LogP) is 2.83. The van der Waals surface area contributed by atoms with Gasteiger partial charge in [-0.25, -0.2) is 0 Å². The molecule has 5 heteroatoms. The SMILES string of the molecule is C=CCOc1c(Br)cc(/C=N/O)cc1OC. The zero-order valence-corrected chi connectivity index (χ0v) is 10.4. The Morgan fingerprint density at radius 2 is 2.31 bits per heavy atom. The van der Waals surface area contributed by atoms with Crippen LogP contribution in [0.25, 0.3) is 0 Å². The van der Waals surface area contributed by atoms with Crippen molar-refractivity contribution in [3.05, 3.63) is 34.8 Å². The minimum absolute atomic E-state index is 0.391. The average Bonchev–Trinajstić information content (AvgIpc) is 2.27. The number of hydrogen-bond donors (Lipinski definition) is 1. The first-order valence-corrected chi connectivity index (χ1v) is 5.31. The molecule has 0 atom stereocenters. The Morgan fingerprint density at radius 1 is 1.56 bits per heavy atom. The molecule has 4 nitrogen and oxygen atoms in total. The molecule has 0 aliphatic rings. The molecule has 1 rings (SSSR count). The number of halogens is 1. The average molecular weight is 286 g/mol. The summed E-state index contributed by atoms with van der Waals surface area (Å²) in [6, 6.07) is 3.48. The van der Waals surface area contributed by atoms with Gasteiger partial charge in [0.2, 0.25) is 0 Å². The van der Waals surface area contributed by atoms with E-state index in [-0.39, 0.29) is 0 Å². The van der Waals surface area contributed by atoms with Crippen molar-refractivity contribution in [2.24, 2.45) is 5.16 Å². The zero-order chi connectivity index (χ0) is 12.0. The van der Waals surface area contributed by atoms with Crippen LogP contribution in [0.4, 0.5) is 0 Å². The van der Waals surface area contributed by atoms with E-state index in [0.29, 0.717) is 23.7 Å². The van der Waals surface area contributed by atoms with E-state index < -0.39 is 0 Å². The molecule has 0 saturated carbocycles. The summed E-state index contributed by atoms with van der Waals surface area (Å²) in [5.74, 6) is 1.16. The molecule has 0 unspecified atom stereocenters. The molecule has 0 fully saturated rings. The van der Waals surface area contributed by atoms with Gasteiger partial charge in [0.15, 0.2) is 11.5 Å². The topological polar surface area (TPSA) is 51.0 Å². The van der Waals surface area contributed by atoms with Gasteiger partial charge in [0.1, 0.15) is 6.61 Å². The van der Waals surface area contributed by atoms with E-state index in [4.69, 9.17) is 14.7 Å². The maximum absolute atomic E-state index is 8.45. The first-order valence-electron chi connectivity index (χ1n) is 4.51. The summed E-state index contributed by atoms with van der Waals surface area (Å²) in [6.07, 6.45) is 2.96. The van der Waals surface area contributed by atoms with Gasteiger partial charge in [0.25, 0.3) is 0 Å². The van der Waals surface area contributed by atoms with Gasteiger partial charge in [-0.2, -0.15) is 0 Å². The van der Waals surface area contributed by atoms with Gasteiger partial charge in [0.05, 0.1) is 17.8 Å². The third kappa shape index (κ3) is 3.00. The summed E-state index contributed by atoms with van der Waals surface area (Å²) in [5.41, 5.74) is 0.706. The lowest BCUT2D eigenvalue weighted by atomic mass is 10.2. The van der Waals surface area contributed by atoms with Gasteiger partial charge in [-0.15, -0.1) is 0 Å². The van der Waals surface area contributed by atoms with E-state index in [9.17, 15) is 0 Å². The van der Waals surface area contributed by atoms with Gasteiger partial charge < -0.3 is 14.7 Å². The number of oxime groups is 1. The van der Waals surface area contributed by atoms with Gasteiger partial charge in [-0.05, 0) is 28.1 Å². The van der Waals surface area contributed by atoms with Crippen LogP contribution in [0.3, 0.4) is 0 Å². The normalized spacial score (nSPS) is 10.4. The van der Waals surface area contributed by atoms with Gasteiger partial charge >= 0.3 is 0 Å². The summed E-state index contributed by atoms with van der Waals surface area (Å²) in [7, 11) is 1.54. The second-order valence-corrected chi connectivity index (χ2v) is 3.73. The van der Waals surface area contributed by atoms with Crippen LogP contribution in [0, 0.1) is 0 Å². The summed E-state index contributed by atoms with van der Waals surface area (Å²) in [5, 5.41) is 11.4. The maximum atomic E-state index is 8.45. The largest absolute Gasteiger partial charge is 0.493 e. The highest BCUT2D eigenvalue weighted by molar-refractivity contribution is 9.10. The van der Waals surface area contributed by atoms with E-state index in [1.807, 2.05) is 0 Å². The molecule has 0 spiro atoms. The van der Waals surface area contributed by atoms with E-state index in [1.165, 1.54) is 6.21 Å². The molecule has 0 saturated heterocycles. The molecule has 0 aliphatic carbocycles. The van der Waals surface area contributed by atoms with E-state index >= 15 is 0 Å². The molecular formula is C11H12BrNO3. The Hall–Kier alpha value is -1.49. The summed E-state index contributed by atoms with van der Waals surface area (Å²) >= 11 is 3.36. The molecule has 0 heterocycles. The Kier molecular flexibility index (Phi) is 4.85. The molecule has 1 aromatic rings. The molecule has 0 aliphatic heterocycles. The predicted molar refractivity (Wildman–Crippen MR) is 65.8 cm³/mol. The van der Waals surface area contributed by atoms with Crippen LogP contribution in [0.1, 0.15) is 5.56 Å². The van der Waals surface area contributed by atoms with Gasteiger partial charge in [0, 0.05) is 5.56 Å². The van der Waals surface area contributed by atoms with E-state index in [2.05, 4.69) is 27.7 Å². The quantitative estimate of drug-likeness (QED) is 0.392. The van der Waals surface area contributed by atoms with E-state index in [1.54, 1.807) is 25.3 Å². The fourth-order valence-corrected chi connectivity index (χ4v) is 1.74. The van der Waals surface area contributed by atoms with Crippen molar-refractivity contribution >= 4 is 22.1 Å².